The third-order valence-corrected chi connectivity index (χ3v) is 3.85. The van der Waals surface area contributed by atoms with E-state index in [4.69, 9.17) is 11.6 Å². The number of aryl methyl sites for hydroxylation is 2. The van der Waals surface area contributed by atoms with Crippen LogP contribution in [0.2, 0.25) is 0 Å². The van der Waals surface area contributed by atoms with Gasteiger partial charge in [-0.2, -0.15) is 0 Å². The van der Waals surface area contributed by atoms with Crippen LogP contribution in [0.25, 0.3) is 0 Å². The summed E-state index contributed by atoms with van der Waals surface area (Å²) in [6.45, 7) is 6.46. The predicted molar refractivity (Wildman–Crippen MR) is 57.3 cm³/mol. The smallest absolute Gasteiger partial charge is 0.0678 e. The number of thiophene rings is 1. The molecular formula is C10H15ClS. The molecule has 0 fully saturated rings. The minimum Gasteiger partial charge on any atom is -0.144 e. The van der Waals surface area contributed by atoms with Gasteiger partial charge in [-0.25, -0.2) is 0 Å². The van der Waals surface area contributed by atoms with Gasteiger partial charge in [0.25, 0.3) is 0 Å². The highest BCUT2D eigenvalue weighted by Gasteiger charge is 2.12. The van der Waals surface area contributed by atoms with E-state index < -0.39 is 0 Å². The number of alkyl halides is 1. The molecule has 0 saturated carbocycles. The van der Waals surface area contributed by atoms with Gasteiger partial charge in [0.2, 0.25) is 0 Å². The van der Waals surface area contributed by atoms with Gasteiger partial charge in [0.05, 0.1) is 5.38 Å². The molecule has 0 nitrogen and oxygen atoms in total. The predicted octanol–water partition coefficient (Wildman–Crippen LogP) is 4.31. The van der Waals surface area contributed by atoms with E-state index in [-0.39, 0.29) is 5.38 Å². The molecule has 68 valence electrons. The summed E-state index contributed by atoms with van der Waals surface area (Å²) < 4.78 is 0. The molecule has 0 aliphatic rings. The second-order valence-electron chi connectivity index (χ2n) is 2.98. The molecule has 1 aromatic rings. The molecular weight excluding hydrogens is 188 g/mol. The Bertz CT molecular complexity index is 252. The summed E-state index contributed by atoms with van der Waals surface area (Å²) in [7, 11) is 0. The molecule has 1 heterocycles. The lowest BCUT2D eigenvalue weighted by Gasteiger charge is -2.05. The van der Waals surface area contributed by atoms with Crippen molar-refractivity contribution in [1.82, 2.24) is 0 Å². The van der Waals surface area contributed by atoms with Crippen molar-refractivity contribution < 1.29 is 0 Å². The lowest BCUT2D eigenvalue weighted by molar-refractivity contribution is 0.885. The normalized spacial score (nSPS) is 13.3. The second kappa shape index (κ2) is 4.29. The fraction of sp³-hybridized carbons (Fsp3) is 0.600. The molecule has 1 rings (SSSR count). The average molecular weight is 203 g/mol. The standard InChI is InChI=1S/C10H15ClS/c1-4-8-6-7(3)12-10(8)9(11)5-2/h6,9H,4-5H2,1-3H3. The van der Waals surface area contributed by atoms with Crippen LogP contribution in [0, 0.1) is 6.92 Å². The molecule has 2 heteroatoms. The summed E-state index contributed by atoms with van der Waals surface area (Å²) in [5.41, 5.74) is 1.43. The lowest BCUT2D eigenvalue weighted by Crippen LogP contribution is -1.88. The number of hydrogen-bond acceptors (Lipinski definition) is 1. The van der Waals surface area contributed by atoms with Gasteiger partial charge in [0.15, 0.2) is 0 Å². The Morgan fingerprint density at radius 3 is 2.67 bits per heavy atom. The maximum absolute atomic E-state index is 6.20. The van der Waals surface area contributed by atoms with E-state index >= 15 is 0 Å². The highest BCUT2D eigenvalue weighted by atomic mass is 35.5. The van der Waals surface area contributed by atoms with E-state index in [9.17, 15) is 0 Å². The van der Waals surface area contributed by atoms with Gasteiger partial charge in [0, 0.05) is 9.75 Å². The maximum atomic E-state index is 6.20. The SMILES string of the molecule is CCc1cc(C)sc1C(Cl)CC. The van der Waals surface area contributed by atoms with E-state index in [1.807, 2.05) is 11.3 Å². The molecule has 0 bridgehead atoms. The molecule has 12 heavy (non-hydrogen) atoms. The quantitative estimate of drug-likeness (QED) is 0.641. The molecule has 0 spiro atoms. The van der Waals surface area contributed by atoms with Gasteiger partial charge >= 0.3 is 0 Å². The van der Waals surface area contributed by atoms with E-state index in [1.54, 1.807) is 0 Å². The molecule has 1 aromatic heterocycles. The zero-order valence-corrected chi connectivity index (χ0v) is 9.43. The van der Waals surface area contributed by atoms with Crippen LogP contribution in [0.5, 0.6) is 0 Å². The fourth-order valence-corrected chi connectivity index (χ4v) is 2.76. The molecule has 0 N–H and O–H groups in total. The van der Waals surface area contributed by atoms with Gasteiger partial charge in [0.1, 0.15) is 0 Å². The molecule has 1 unspecified atom stereocenters. The van der Waals surface area contributed by atoms with Crippen LogP contribution < -0.4 is 0 Å². The van der Waals surface area contributed by atoms with E-state index in [1.165, 1.54) is 15.3 Å². The van der Waals surface area contributed by atoms with Crippen molar-refractivity contribution in [3.63, 3.8) is 0 Å². The summed E-state index contributed by atoms with van der Waals surface area (Å²) >= 11 is 8.04. The van der Waals surface area contributed by atoms with Crippen molar-refractivity contribution in [2.75, 3.05) is 0 Å². The highest BCUT2D eigenvalue weighted by Crippen LogP contribution is 2.34. The van der Waals surface area contributed by atoms with Crippen molar-refractivity contribution >= 4 is 22.9 Å². The monoisotopic (exact) mass is 202 g/mol. The van der Waals surface area contributed by atoms with Crippen LogP contribution >= 0.6 is 22.9 Å². The summed E-state index contributed by atoms with van der Waals surface area (Å²) in [6, 6.07) is 2.26. The van der Waals surface area contributed by atoms with Crippen molar-refractivity contribution in [3.05, 3.63) is 21.4 Å². The Hall–Kier alpha value is -0.0100. The number of hydrogen-bond donors (Lipinski definition) is 0. The minimum atomic E-state index is 0.221. The topological polar surface area (TPSA) is 0 Å². The van der Waals surface area contributed by atoms with E-state index in [0.717, 1.165) is 12.8 Å². The van der Waals surface area contributed by atoms with Crippen LogP contribution in [-0.4, -0.2) is 0 Å². The molecule has 0 aliphatic heterocycles. The summed E-state index contributed by atoms with van der Waals surface area (Å²) in [5, 5.41) is 0.221. The first-order valence-corrected chi connectivity index (χ1v) is 5.67. The average Bonchev–Trinajstić information content (AvgIpc) is 2.45. The zero-order chi connectivity index (χ0) is 9.14. The van der Waals surface area contributed by atoms with E-state index in [2.05, 4.69) is 26.8 Å². The Kier molecular flexibility index (Phi) is 3.60. The molecule has 0 aromatic carbocycles. The van der Waals surface area contributed by atoms with Crippen LogP contribution in [-0.2, 0) is 6.42 Å². The van der Waals surface area contributed by atoms with Crippen molar-refractivity contribution in [2.24, 2.45) is 0 Å². The second-order valence-corrected chi connectivity index (χ2v) is 4.79. The zero-order valence-electron chi connectivity index (χ0n) is 7.86. The van der Waals surface area contributed by atoms with Gasteiger partial charge in [-0.05, 0) is 31.4 Å². The highest BCUT2D eigenvalue weighted by molar-refractivity contribution is 7.12. The Morgan fingerprint density at radius 1 is 1.50 bits per heavy atom. The minimum absolute atomic E-state index is 0.221. The largest absolute Gasteiger partial charge is 0.144 e. The maximum Gasteiger partial charge on any atom is 0.0678 e. The van der Waals surface area contributed by atoms with Crippen molar-refractivity contribution in [3.8, 4) is 0 Å². The third-order valence-electron chi connectivity index (χ3n) is 1.99. The third kappa shape index (κ3) is 2.02. The van der Waals surface area contributed by atoms with Crippen LogP contribution in [0.4, 0.5) is 0 Å². The Labute approximate surface area is 83.6 Å². The van der Waals surface area contributed by atoms with Gasteiger partial charge in [-0.3, -0.25) is 0 Å². The van der Waals surface area contributed by atoms with E-state index in [0.29, 0.717) is 0 Å². The molecule has 0 aliphatic carbocycles. The molecule has 0 amide bonds. The number of rotatable bonds is 3. The van der Waals surface area contributed by atoms with Crippen LogP contribution in [0.1, 0.15) is 41.0 Å². The van der Waals surface area contributed by atoms with Crippen molar-refractivity contribution in [2.45, 2.75) is 39.0 Å². The first-order valence-electron chi connectivity index (χ1n) is 4.42. The van der Waals surface area contributed by atoms with Crippen LogP contribution in [0.15, 0.2) is 6.07 Å². The molecule has 0 saturated heterocycles. The lowest BCUT2D eigenvalue weighted by atomic mass is 10.1. The van der Waals surface area contributed by atoms with Crippen LogP contribution in [0.3, 0.4) is 0 Å². The van der Waals surface area contributed by atoms with Gasteiger partial charge in [-0.1, -0.05) is 13.8 Å². The Morgan fingerprint density at radius 2 is 2.17 bits per heavy atom. The summed E-state index contributed by atoms with van der Waals surface area (Å²) in [5.74, 6) is 0. The fourth-order valence-electron chi connectivity index (χ4n) is 1.31. The molecule has 1 atom stereocenters. The van der Waals surface area contributed by atoms with Gasteiger partial charge in [-0.15, -0.1) is 22.9 Å². The first-order chi connectivity index (χ1) is 5.69. The van der Waals surface area contributed by atoms with Crippen molar-refractivity contribution in [1.29, 1.82) is 0 Å². The summed E-state index contributed by atoms with van der Waals surface area (Å²) in [6.07, 6.45) is 2.12. The van der Waals surface area contributed by atoms with Gasteiger partial charge < -0.3 is 0 Å². The molecule has 0 radical (unpaired) electrons. The first kappa shape index (κ1) is 10.1. The Balaban J connectivity index is 2.96. The summed E-state index contributed by atoms with van der Waals surface area (Å²) in [4.78, 5) is 2.75. The number of halogens is 1.